The van der Waals surface area contributed by atoms with Crippen LogP contribution in [0, 0.1) is 23.3 Å². The third-order valence-electron chi connectivity index (χ3n) is 5.22. The maximum Gasteiger partial charge on any atom is 0.261 e. The van der Waals surface area contributed by atoms with E-state index in [2.05, 4.69) is 10.6 Å². The van der Waals surface area contributed by atoms with E-state index in [0.717, 1.165) is 36.4 Å². The molecule has 0 unspecified atom stereocenters. The summed E-state index contributed by atoms with van der Waals surface area (Å²) < 4.78 is 81.1. The molecule has 4 rings (SSSR count). The minimum Gasteiger partial charge on any atom is -0.322 e. The highest BCUT2D eigenvalue weighted by atomic mass is 32.2. The summed E-state index contributed by atoms with van der Waals surface area (Å²) in [5.41, 5.74) is -1.34. The number of carbonyl (C=O) groups is 2. The van der Waals surface area contributed by atoms with Crippen LogP contribution in [-0.2, 0) is 9.84 Å². The summed E-state index contributed by atoms with van der Waals surface area (Å²) in [6, 6.07) is 15.7. The molecule has 0 aliphatic heterocycles. The molecule has 2 N–H and O–H groups in total. The first-order valence-corrected chi connectivity index (χ1v) is 12.0. The molecule has 2 amide bonds. The summed E-state index contributed by atoms with van der Waals surface area (Å²) in [6.07, 6.45) is 0. The second-order valence-electron chi connectivity index (χ2n) is 7.65. The lowest BCUT2D eigenvalue weighted by molar-refractivity contribution is 0.101. The molecule has 4 aromatic rings. The SMILES string of the molecule is O=C(Nc1ccc(S(=O)(=O)c2ccc(NC(=O)c3c(F)cccc3F)cc2)cc1)c1c(F)cccc1F. The van der Waals surface area contributed by atoms with Crippen LogP contribution < -0.4 is 10.6 Å². The molecule has 37 heavy (non-hydrogen) atoms. The minimum atomic E-state index is -4.03. The van der Waals surface area contributed by atoms with E-state index in [1.54, 1.807) is 0 Å². The Hall–Kier alpha value is -4.51. The number of rotatable bonds is 6. The van der Waals surface area contributed by atoms with Crippen molar-refractivity contribution in [3.05, 3.63) is 119 Å². The summed E-state index contributed by atoms with van der Waals surface area (Å²) in [5.74, 6) is -6.27. The van der Waals surface area contributed by atoms with Crippen LogP contribution in [-0.4, -0.2) is 20.2 Å². The summed E-state index contributed by atoms with van der Waals surface area (Å²) in [6.45, 7) is 0. The zero-order valence-electron chi connectivity index (χ0n) is 18.6. The van der Waals surface area contributed by atoms with Crippen LogP contribution >= 0.6 is 0 Å². The second-order valence-corrected chi connectivity index (χ2v) is 9.60. The lowest BCUT2D eigenvalue weighted by atomic mass is 10.2. The lowest BCUT2D eigenvalue weighted by Crippen LogP contribution is -2.16. The Kier molecular flexibility index (Phi) is 7.07. The first-order chi connectivity index (χ1) is 17.6. The second kappa shape index (κ2) is 10.2. The van der Waals surface area contributed by atoms with Crippen LogP contribution in [0.2, 0.25) is 0 Å². The van der Waals surface area contributed by atoms with E-state index in [0.29, 0.717) is 0 Å². The molecule has 188 valence electrons. The average molecular weight is 528 g/mol. The molecule has 0 saturated heterocycles. The quantitative estimate of drug-likeness (QED) is 0.320. The van der Waals surface area contributed by atoms with Gasteiger partial charge < -0.3 is 10.6 Å². The van der Waals surface area contributed by atoms with Crippen LogP contribution in [0.25, 0.3) is 0 Å². The monoisotopic (exact) mass is 528 g/mol. The van der Waals surface area contributed by atoms with Gasteiger partial charge in [0.15, 0.2) is 0 Å². The van der Waals surface area contributed by atoms with Gasteiger partial charge in [-0.2, -0.15) is 0 Å². The number of carbonyl (C=O) groups excluding carboxylic acids is 2. The first kappa shape index (κ1) is 25.6. The Morgan fingerprint density at radius 3 is 1.11 bits per heavy atom. The van der Waals surface area contributed by atoms with E-state index in [4.69, 9.17) is 0 Å². The minimum absolute atomic E-state index is 0.102. The van der Waals surface area contributed by atoms with Gasteiger partial charge in [0.1, 0.15) is 34.4 Å². The number of hydrogen-bond acceptors (Lipinski definition) is 4. The van der Waals surface area contributed by atoms with E-state index in [1.165, 1.54) is 48.5 Å². The van der Waals surface area contributed by atoms with E-state index in [1.807, 2.05) is 0 Å². The normalized spacial score (nSPS) is 11.1. The van der Waals surface area contributed by atoms with Crippen LogP contribution in [0.3, 0.4) is 0 Å². The molecule has 0 saturated carbocycles. The molecule has 0 fully saturated rings. The molecular weight excluding hydrogens is 512 g/mol. The van der Waals surface area contributed by atoms with Crippen molar-refractivity contribution >= 4 is 33.0 Å². The van der Waals surface area contributed by atoms with Crippen LogP contribution in [0.5, 0.6) is 0 Å². The van der Waals surface area contributed by atoms with Gasteiger partial charge in [-0.25, -0.2) is 26.0 Å². The third kappa shape index (κ3) is 5.36. The van der Waals surface area contributed by atoms with Crippen molar-refractivity contribution in [2.75, 3.05) is 10.6 Å². The lowest BCUT2D eigenvalue weighted by Gasteiger charge is -2.10. The van der Waals surface area contributed by atoms with Gasteiger partial charge >= 0.3 is 0 Å². The molecule has 0 aliphatic carbocycles. The van der Waals surface area contributed by atoms with Gasteiger partial charge in [-0.1, -0.05) is 12.1 Å². The fraction of sp³-hybridized carbons (Fsp3) is 0. The Labute approximate surface area is 208 Å². The molecule has 4 aromatic carbocycles. The van der Waals surface area contributed by atoms with Crippen molar-refractivity contribution in [3.8, 4) is 0 Å². The summed E-state index contributed by atoms with van der Waals surface area (Å²) in [4.78, 5) is 24.1. The largest absolute Gasteiger partial charge is 0.322 e. The van der Waals surface area contributed by atoms with Gasteiger partial charge in [0.2, 0.25) is 9.84 Å². The zero-order chi connectivity index (χ0) is 26.7. The Balaban J connectivity index is 1.48. The molecule has 11 heteroatoms. The molecule has 0 heterocycles. The van der Waals surface area contributed by atoms with Crippen LogP contribution in [0.1, 0.15) is 20.7 Å². The maximum atomic E-state index is 13.8. The Morgan fingerprint density at radius 1 is 0.514 bits per heavy atom. The van der Waals surface area contributed by atoms with Crippen LogP contribution in [0.15, 0.2) is 94.7 Å². The predicted octanol–water partition coefficient (Wildman–Crippen LogP) is 5.58. The number of amides is 2. The van der Waals surface area contributed by atoms with Crippen molar-refractivity contribution in [1.82, 2.24) is 0 Å². The smallest absolute Gasteiger partial charge is 0.261 e. The van der Waals surface area contributed by atoms with Crippen molar-refractivity contribution in [2.24, 2.45) is 0 Å². The van der Waals surface area contributed by atoms with E-state index >= 15 is 0 Å². The highest BCUT2D eigenvalue weighted by Crippen LogP contribution is 2.25. The first-order valence-electron chi connectivity index (χ1n) is 10.5. The number of anilines is 2. The molecule has 0 aromatic heterocycles. The summed E-state index contributed by atoms with van der Waals surface area (Å²) in [5, 5.41) is 4.60. The van der Waals surface area contributed by atoms with Crippen molar-refractivity contribution in [3.63, 3.8) is 0 Å². The average Bonchev–Trinajstić information content (AvgIpc) is 2.84. The number of halogens is 4. The van der Waals surface area contributed by atoms with Gasteiger partial charge in [0, 0.05) is 11.4 Å². The van der Waals surface area contributed by atoms with Crippen molar-refractivity contribution in [2.45, 2.75) is 9.79 Å². The van der Waals surface area contributed by atoms with Gasteiger partial charge in [0.05, 0.1) is 9.79 Å². The van der Waals surface area contributed by atoms with E-state index in [-0.39, 0.29) is 21.2 Å². The fourth-order valence-electron chi connectivity index (χ4n) is 3.39. The van der Waals surface area contributed by atoms with Crippen molar-refractivity contribution in [1.29, 1.82) is 0 Å². The van der Waals surface area contributed by atoms with Gasteiger partial charge in [-0.3, -0.25) is 9.59 Å². The molecule has 6 nitrogen and oxygen atoms in total. The molecule has 0 aliphatic rings. The predicted molar refractivity (Wildman–Crippen MR) is 127 cm³/mol. The highest BCUT2D eigenvalue weighted by molar-refractivity contribution is 7.91. The maximum absolute atomic E-state index is 13.8. The van der Waals surface area contributed by atoms with Crippen molar-refractivity contribution < 1.29 is 35.6 Å². The number of sulfone groups is 1. The van der Waals surface area contributed by atoms with E-state index < -0.39 is 56.0 Å². The van der Waals surface area contributed by atoms with Gasteiger partial charge in [-0.15, -0.1) is 0 Å². The molecular formula is C26H16F4N2O4S. The molecule has 0 radical (unpaired) electrons. The fourth-order valence-corrected chi connectivity index (χ4v) is 4.65. The topological polar surface area (TPSA) is 92.3 Å². The highest BCUT2D eigenvalue weighted by Gasteiger charge is 2.21. The molecule has 0 spiro atoms. The van der Waals surface area contributed by atoms with Gasteiger partial charge in [-0.05, 0) is 72.8 Å². The summed E-state index contributed by atoms with van der Waals surface area (Å²) >= 11 is 0. The summed E-state index contributed by atoms with van der Waals surface area (Å²) in [7, 11) is -4.03. The van der Waals surface area contributed by atoms with Crippen LogP contribution in [0.4, 0.5) is 28.9 Å². The van der Waals surface area contributed by atoms with E-state index in [9.17, 15) is 35.6 Å². The standard InChI is InChI=1S/C26H16F4N2O4S/c27-19-3-1-4-20(28)23(19)25(33)31-15-7-11-17(12-8-15)37(35,36)18-13-9-16(10-14-18)32-26(34)24-21(29)5-2-6-22(24)30/h1-14H,(H,31,33)(H,32,34). The third-order valence-corrected chi connectivity index (χ3v) is 7.01. The number of benzene rings is 4. The Morgan fingerprint density at radius 2 is 0.811 bits per heavy atom. The molecule has 0 bridgehead atoms. The number of hydrogen-bond donors (Lipinski definition) is 2. The zero-order valence-corrected chi connectivity index (χ0v) is 19.5. The van der Waals surface area contributed by atoms with Gasteiger partial charge in [0.25, 0.3) is 11.8 Å². The molecule has 0 atom stereocenters. The number of nitrogens with one attached hydrogen (secondary N) is 2. The Bertz CT molecular complexity index is 1450.